The first-order chi connectivity index (χ1) is 6.86. The Morgan fingerprint density at radius 1 is 1.43 bits per heavy atom. The Morgan fingerprint density at radius 2 is 2.29 bits per heavy atom. The SMILES string of the molecule is Brc1ccccc1CNC1CCSC1. The molecule has 1 nitrogen and oxygen atoms in total. The Kier molecular flexibility index (Phi) is 3.90. The molecule has 1 heterocycles. The van der Waals surface area contributed by atoms with Crippen molar-refractivity contribution < 1.29 is 0 Å². The monoisotopic (exact) mass is 271 g/mol. The minimum atomic E-state index is 0.715. The average molecular weight is 272 g/mol. The first-order valence-electron chi connectivity index (χ1n) is 4.91. The number of nitrogens with one attached hydrogen (secondary N) is 1. The van der Waals surface area contributed by atoms with Crippen LogP contribution in [0, 0.1) is 0 Å². The van der Waals surface area contributed by atoms with Gasteiger partial charge in [0.05, 0.1) is 0 Å². The van der Waals surface area contributed by atoms with E-state index < -0.39 is 0 Å². The zero-order valence-electron chi connectivity index (χ0n) is 8.00. The number of thioether (sulfide) groups is 1. The predicted molar refractivity (Wildman–Crippen MR) is 66.7 cm³/mol. The van der Waals surface area contributed by atoms with E-state index in [-0.39, 0.29) is 0 Å². The topological polar surface area (TPSA) is 12.0 Å². The molecule has 1 aliphatic heterocycles. The third-order valence-corrected chi connectivity index (χ3v) is 4.40. The van der Waals surface area contributed by atoms with Gasteiger partial charge in [-0.2, -0.15) is 11.8 Å². The summed E-state index contributed by atoms with van der Waals surface area (Å²) in [5.41, 5.74) is 1.35. The number of hydrogen-bond acceptors (Lipinski definition) is 2. The van der Waals surface area contributed by atoms with Gasteiger partial charge in [0.25, 0.3) is 0 Å². The van der Waals surface area contributed by atoms with Gasteiger partial charge >= 0.3 is 0 Å². The molecule has 1 N–H and O–H groups in total. The summed E-state index contributed by atoms with van der Waals surface area (Å²) in [5, 5.41) is 3.59. The molecule has 0 aliphatic carbocycles. The maximum Gasteiger partial charge on any atom is 0.0220 e. The van der Waals surface area contributed by atoms with Gasteiger partial charge in [-0.1, -0.05) is 34.1 Å². The molecule has 0 aromatic heterocycles. The fraction of sp³-hybridized carbons (Fsp3) is 0.455. The lowest BCUT2D eigenvalue weighted by atomic mass is 10.2. The minimum absolute atomic E-state index is 0.715. The standard InChI is InChI=1S/C11H14BrNS/c12-11-4-2-1-3-9(11)7-13-10-5-6-14-8-10/h1-4,10,13H,5-8H2. The van der Waals surface area contributed by atoms with Gasteiger partial charge < -0.3 is 5.32 Å². The van der Waals surface area contributed by atoms with Crippen molar-refractivity contribution in [2.24, 2.45) is 0 Å². The van der Waals surface area contributed by atoms with E-state index in [1.54, 1.807) is 0 Å². The fourth-order valence-corrected chi connectivity index (χ4v) is 3.20. The molecule has 1 aromatic carbocycles. The molecule has 1 atom stereocenters. The van der Waals surface area contributed by atoms with Crippen molar-refractivity contribution in [3.8, 4) is 0 Å². The molecule has 0 spiro atoms. The molecule has 0 saturated carbocycles. The van der Waals surface area contributed by atoms with E-state index in [2.05, 4.69) is 45.5 Å². The molecule has 0 radical (unpaired) electrons. The summed E-state index contributed by atoms with van der Waals surface area (Å²) in [6, 6.07) is 9.12. The van der Waals surface area contributed by atoms with Crippen molar-refractivity contribution >= 4 is 27.7 Å². The van der Waals surface area contributed by atoms with E-state index in [0.717, 1.165) is 6.54 Å². The van der Waals surface area contributed by atoms with Crippen LogP contribution in [0.3, 0.4) is 0 Å². The summed E-state index contributed by atoms with van der Waals surface area (Å²) in [5.74, 6) is 2.58. The van der Waals surface area contributed by atoms with Crippen LogP contribution in [0.15, 0.2) is 28.7 Å². The largest absolute Gasteiger partial charge is 0.309 e. The lowest BCUT2D eigenvalue weighted by molar-refractivity contribution is 0.557. The summed E-state index contributed by atoms with van der Waals surface area (Å²) in [4.78, 5) is 0. The molecule has 14 heavy (non-hydrogen) atoms. The van der Waals surface area contributed by atoms with Gasteiger partial charge in [0.15, 0.2) is 0 Å². The molecule has 2 rings (SSSR count). The number of hydrogen-bond donors (Lipinski definition) is 1. The molecule has 1 aromatic rings. The molecular formula is C11H14BrNS. The Bertz CT molecular complexity index is 297. The van der Waals surface area contributed by atoms with Gasteiger partial charge in [-0.25, -0.2) is 0 Å². The third-order valence-electron chi connectivity index (χ3n) is 2.47. The zero-order valence-corrected chi connectivity index (χ0v) is 10.4. The normalized spacial score (nSPS) is 21.4. The maximum absolute atomic E-state index is 3.59. The number of rotatable bonds is 3. The molecule has 1 aliphatic rings. The summed E-state index contributed by atoms with van der Waals surface area (Å²) >= 11 is 5.61. The van der Waals surface area contributed by atoms with Crippen molar-refractivity contribution in [2.75, 3.05) is 11.5 Å². The van der Waals surface area contributed by atoms with E-state index in [1.807, 2.05) is 11.8 Å². The minimum Gasteiger partial charge on any atom is -0.309 e. The lowest BCUT2D eigenvalue weighted by Crippen LogP contribution is -2.28. The van der Waals surface area contributed by atoms with Crippen LogP contribution < -0.4 is 5.32 Å². The molecule has 0 amide bonds. The van der Waals surface area contributed by atoms with E-state index in [1.165, 1.54) is 28.0 Å². The van der Waals surface area contributed by atoms with Crippen molar-refractivity contribution in [1.82, 2.24) is 5.32 Å². The highest BCUT2D eigenvalue weighted by Gasteiger charge is 2.14. The third kappa shape index (κ3) is 2.75. The number of halogens is 1. The zero-order chi connectivity index (χ0) is 9.80. The molecule has 0 bridgehead atoms. The number of benzene rings is 1. The highest BCUT2D eigenvalue weighted by Crippen LogP contribution is 2.19. The van der Waals surface area contributed by atoms with Gasteiger partial charge in [0, 0.05) is 22.8 Å². The second-order valence-corrected chi connectivity index (χ2v) is 5.54. The van der Waals surface area contributed by atoms with Crippen LogP contribution in [-0.4, -0.2) is 17.5 Å². The van der Waals surface area contributed by atoms with Gasteiger partial charge in [-0.05, 0) is 23.8 Å². The molecule has 1 fully saturated rings. The summed E-state index contributed by atoms with van der Waals surface area (Å²) in [6.45, 7) is 0.979. The highest BCUT2D eigenvalue weighted by atomic mass is 79.9. The molecule has 1 saturated heterocycles. The molecule has 3 heteroatoms. The van der Waals surface area contributed by atoms with Crippen LogP contribution in [0.2, 0.25) is 0 Å². The fourth-order valence-electron chi connectivity index (χ4n) is 1.59. The van der Waals surface area contributed by atoms with E-state index in [0.29, 0.717) is 6.04 Å². The average Bonchev–Trinajstić information content (AvgIpc) is 2.69. The smallest absolute Gasteiger partial charge is 0.0220 e. The van der Waals surface area contributed by atoms with E-state index >= 15 is 0 Å². The van der Waals surface area contributed by atoms with Crippen LogP contribution in [-0.2, 0) is 6.54 Å². The van der Waals surface area contributed by atoms with Gasteiger partial charge in [0.2, 0.25) is 0 Å². The lowest BCUT2D eigenvalue weighted by Gasteiger charge is -2.11. The van der Waals surface area contributed by atoms with Crippen molar-refractivity contribution in [2.45, 2.75) is 19.0 Å². The Hall–Kier alpha value is 0.01000. The van der Waals surface area contributed by atoms with Crippen molar-refractivity contribution in [3.63, 3.8) is 0 Å². The molecule has 76 valence electrons. The van der Waals surface area contributed by atoms with Crippen LogP contribution in [0.4, 0.5) is 0 Å². The van der Waals surface area contributed by atoms with Crippen molar-refractivity contribution in [3.05, 3.63) is 34.3 Å². The molecule has 1 unspecified atom stereocenters. The van der Waals surface area contributed by atoms with E-state index in [9.17, 15) is 0 Å². The Balaban J connectivity index is 1.88. The van der Waals surface area contributed by atoms with Gasteiger partial charge in [0.1, 0.15) is 0 Å². The summed E-state index contributed by atoms with van der Waals surface area (Å²) in [6.07, 6.45) is 1.31. The van der Waals surface area contributed by atoms with Crippen molar-refractivity contribution in [1.29, 1.82) is 0 Å². The second kappa shape index (κ2) is 5.19. The summed E-state index contributed by atoms with van der Waals surface area (Å²) in [7, 11) is 0. The van der Waals surface area contributed by atoms with Gasteiger partial charge in [-0.3, -0.25) is 0 Å². The van der Waals surface area contributed by atoms with Crippen LogP contribution >= 0.6 is 27.7 Å². The predicted octanol–water partition coefficient (Wildman–Crippen LogP) is 3.04. The second-order valence-electron chi connectivity index (χ2n) is 3.53. The van der Waals surface area contributed by atoms with Crippen LogP contribution in [0.25, 0.3) is 0 Å². The first-order valence-corrected chi connectivity index (χ1v) is 6.85. The van der Waals surface area contributed by atoms with Gasteiger partial charge in [-0.15, -0.1) is 0 Å². The van der Waals surface area contributed by atoms with Crippen LogP contribution in [0.1, 0.15) is 12.0 Å². The summed E-state index contributed by atoms with van der Waals surface area (Å²) < 4.78 is 1.21. The maximum atomic E-state index is 3.59. The van der Waals surface area contributed by atoms with Crippen LogP contribution in [0.5, 0.6) is 0 Å². The highest BCUT2D eigenvalue weighted by molar-refractivity contribution is 9.10. The Labute approximate surface area is 97.8 Å². The van der Waals surface area contributed by atoms with E-state index in [4.69, 9.17) is 0 Å². The molecular weight excluding hydrogens is 258 g/mol. The first kappa shape index (κ1) is 10.5. The Morgan fingerprint density at radius 3 is 3.00 bits per heavy atom. The quantitative estimate of drug-likeness (QED) is 0.907.